The number of carbonyl (C=O) groups excluding carboxylic acids is 1. The molecule has 0 aliphatic carbocycles. The Morgan fingerprint density at radius 3 is 2.71 bits per heavy atom. The lowest BCUT2D eigenvalue weighted by Gasteiger charge is -2.34. The van der Waals surface area contributed by atoms with Gasteiger partial charge in [-0.1, -0.05) is 18.2 Å². The third-order valence-corrected chi connectivity index (χ3v) is 5.90. The highest BCUT2D eigenvalue weighted by molar-refractivity contribution is 8.24. The van der Waals surface area contributed by atoms with Gasteiger partial charge in [0.25, 0.3) is 5.91 Å². The predicted octanol–water partition coefficient (Wildman–Crippen LogP) is 3.75. The average molecular weight is 484 g/mol. The Balaban J connectivity index is 1.47. The number of ether oxygens (including phenoxy) is 1. The van der Waals surface area contributed by atoms with Gasteiger partial charge < -0.3 is 20.9 Å². The Hall–Kier alpha value is -3.80. The highest BCUT2D eigenvalue weighted by Gasteiger charge is 2.27. The van der Waals surface area contributed by atoms with Gasteiger partial charge in [0.15, 0.2) is 5.84 Å². The van der Waals surface area contributed by atoms with E-state index in [0.29, 0.717) is 33.8 Å². The van der Waals surface area contributed by atoms with Gasteiger partial charge in [-0.25, -0.2) is 0 Å². The van der Waals surface area contributed by atoms with Gasteiger partial charge in [0.2, 0.25) is 0 Å². The number of nitrogens with zero attached hydrogens (tertiary/aromatic N) is 2. The highest BCUT2D eigenvalue weighted by Crippen LogP contribution is 2.46. The number of hydrogen-bond acceptors (Lipinski definition) is 9. The second-order valence-corrected chi connectivity index (χ2v) is 9.81. The van der Waals surface area contributed by atoms with Crippen LogP contribution in [-0.2, 0) is 0 Å². The standard InChI is InChI=1S/C23H25N5O5S/c1-23(2,13-33-19-8-4-7-17-20(19)21(24)28-34(31,32)27-17)26-22(30)15-9-10-25-18(12-15)14-5-3-6-16(29)11-14/h3-12,27,29,31-32H,13H2,1-2H3,(H2,24,28)(H,26,30). The molecule has 2 heterocycles. The van der Waals surface area contributed by atoms with E-state index >= 15 is 0 Å². The fourth-order valence-corrected chi connectivity index (χ4v) is 4.30. The minimum atomic E-state index is -3.40. The lowest BCUT2D eigenvalue weighted by molar-refractivity contribution is 0.0880. The van der Waals surface area contributed by atoms with Crippen LogP contribution in [0.2, 0.25) is 0 Å². The van der Waals surface area contributed by atoms with Gasteiger partial charge in [-0.2, -0.15) is 0 Å². The number of amidine groups is 1. The van der Waals surface area contributed by atoms with E-state index in [1.807, 2.05) is 13.8 Å². The number of pyridine rings is 1. The smallest absolute Gasteiger partial charge is 0.251 e. The van der Waals surface area contributed by atoms with E-state index in [4.69, 9.17) is 10.5 Å². The number of fused-ring (bicyclic) bond motifs is 1. The first-order valence-corrected chi connectivity index (χ1v) is 11.8. The molecule has 4 rings (SSSR count). The summed E-state index contributed by atoms with van der Waals surface area (Å²) in [5, 5.41) is 12.7. The van der Waals surface area contributed by atoms with E-state index < -0.39 is 16.5 Å². The Morgan fingerprint density at radius 2 is 1.94 bits per heavy atom. The number of hydrogen-bond donors (Lipinski definition) is 6. The molecule has 0 atom stereocenters. The molecule has 2 aromatic carbocycles. The molecule has 0 bridgehead atoms. The largest absolute Gasteiger partial charge is 0.508 e. The quantitative estimate of drug-likeness (QED) is 0.309. The molecule has 178 valence electrons. The third-order valence-electron chi connectivity index (χ3n) is 4.96. The first kappa shape index (κ1) is 23.4. The SMILES string of the molecule is CC(C)(COc1cccc2c1C(N)=NS(O)(O)N2)NC(=O)c1ccnc(-c2cccc(O)c2)c1. The van der Waals surface area contributed by atoms with Gasteiger partial charge in [-0.3, -0.25) is 23.6 Å². The molecule has 0 unspecified atom stereocenters. The Labute approximate surface area is 198 Å². The summed E-state index contributed by atoms with van der Waals surface area (Å²) in [5.74, 6) is 0.131. The molecule has 1 aliphatic heterocycles. The summed E-state index contributed by atoms with van der Waals surface area (Å²) in [7, 11) is -3.40. The summed E-state index contributed by atoms with van der Waals surface area (Å²) in [5.41, 5.74) is 7.62. The second-order valence-electron chi connectivity index (χ2n) is 8.38. The number of aromatic hydroxyl groups is 1. The lowest BCUT2D eigenvalue weighted by atomic mass is 10.0. The highest BCUT2D eigenvalue weighted by atomic mass is 32.3. The molecule has 1 aromatic heterocycles. The summed E-state index contributed by atoms with van der Waals surface area (Å²) in [4.78, 5) is 17.2. The molecule has 0 saturated heterocycles. The molecule has 1 amide bonds. The van der Waals surface area contributed by atoms with Crippen molar-refractivity contribution in [1.82, 2.24) is 10.3 Å². The van der Waals surface area contributed by atoms with Gasteiger partial charge >= 0.3 is 0 Å². The van der Waals surface area contributed by atoms with E-state index in [-0.39, 0.29) is 24.1 Å². The van der Waals surface area contributed by atoms with E-state index in [0.717, 1.165) is 0 Å². The van der Waals surface area contributed by atoms with Crippen molar-refractivity contribution in [3.63, 3.8) is 0 Å². The van der Waals surface area contributed by atoms with Crippen molar-refractivity contribution in [2.24, 2.45) is 10.1 Å². The topological polar surface area (TPSA) is 162 Å². The van der Waals surface area contributed by atoms with Gasteiger partial charge in [0.1, 0.15) is 18.1 Å². The molecular weight excluding hydrogens is 458 g/mol. The fourth-order valence-electron chi connectivity index (χ4n) is 3.42. The third kappa shape index (κ3) is 5.22. The van der Waals surface area contributed by atoms with Crippen LogP contribution in [-0.4, -0.2) is 43.1 Å². The number of amides is 1. The number of phenols is 1. The maximum absolute atomic E-state index is 12.9. The Bertz CT molecular complexity index is 1280. The summed E-state index contributed by atoms with van der Waals surface area (Å²) in [6, 6.07) is 14.9. The second kappa shape index (κ2) is 8.86. The number of rotatable bonds is 6. The zero-order valence-electron chi connectivity index (χ0n) is 18.5. The fraction of sp³-hybridized carbons (Fsp3) is 0.174. The van der Waals surface area contributed by atoms with Crippen molar-refractivity contribution >= 4 is 28.4 Å². The van der Waals surface area contributed by atoms with Crippen LogP contribution < -0.4 is 20.5 Å². The van der Waals surface area contributed by atoms with Crippen molar-refractivity contribution in [1.29, 1.82) is 0 Å². The molecule has 7 N–H and O–H groups in total. The van der Waals surface area contributed by atoms with Crippen LogP contribution >= 0.6 is 11.0 Å². The minimum absolute atomic E-state index is 0.0533. The van der Waals surface area contributed by atoms with Crippen LogP contribution in [0.15, 0.2) is 65.2 Å². The van der Waals surface area contributed by atoms with E-state index in [1.54, 1.807) is 54.6 Å². The molecule has 0 saturated carbocycles. The van der Waals surface area contributed by atoms with Crippen LogP contribution in [0.25, 0.3) is 11.3 Å². The van der Waals surface area contributed by atoms with Gasteiger partial charge in [-0.05, 0) is 61.2 Å². The molecule has 34 heavy (non-hydrogen) atoms. The molecule has 0 radical (unpaired) electrons. The Morgan fingerprint density at radius 1 is 1.18 bits per heavy atom. The van der Waals surface area contributed by atoms with Crippen LogP contribution in [0.5, 0.6) is 11.5 Å². The molecule has 1 aliphatic rings. The number of benzene rings is 2. The van der Waals surface area contributed by atoms with Crippen LogP contribution in [0.4, 0.5) is 5.69 Å². The first-order chi connectivity index (χ1) is 16.0. The average Bonchev–Trinajstić information content (AvgIpc) is 2.76. The summed E-state index contributed by atoms with van der Waals surface area (Å²) in [6.07, 6.45) is 1.54. The molecule has 3 aromatic rings. The van der Waals surface area contributed by atoms with Crippen molar-refractivity contribution < 1.29 is 23.7 Å². The first-order valence-electron chi connectivity index (χ1n) is 10.3. The predicted molar refractivity (Wildman–Crippen MR) is 132 cm³/mol. The van der Waals surface area contributed by atoms with Crippen molar-refractivity contribution in [2.45, 2.75) is 19.4 Å². The van der Waals surface area contributed by atoms with Crippen molar-refractivity contribution in [3.8, 4) is 22.8 Å². The Kier molecular flexibility index (Phi) is 6.09. The number of nitrogens with two attached hydrogens (primary N) is 1. The zero-order chi connectivity index (χ0) is 24.5. The molecule has 0 spiro atoms. The van der Waals surface area contributed by atoms with Crippen molar-refractivity contribution in [2.75, 3.05) is 11.3 Å². The van der Waals surface area contributed by atoms with Crippen molar-refractivity contribution in [3.05, 3.63) is 71.9 Å². The number of aromatic nitrogens is 1. The van der Waals surface area contributed by atoms with E-state index in [9.17, 15) is 19.0 Å². The number of nitrogens with one attached hydrogen (secondary N) is 2. The van der Waals surface area contributed by atoms with Crippen LogP contribution in [0.3, 0.4) is 0 Å². The summed E-state index contributed by atoms with van der Waals surface area (Å²) >= 11 is 0. The van der Waals surface area contributed by atoms with Crippen LogP contribution in [0, 0.1) is 0 Å². The lowest BCUT2D eigenvalue weighted by Crippen LogP contribution is -2.48. The molecule has 10 nitrogen and oxygen atoms in total. The molecule has 11 heteroatoms. The molecule has 0 fully saturated rings. The molecular formula is C23H25N5O5S. The van der Waals surface area contributed by atoms with Crippen LogP contribution in [0.1, 0.15) is 29.8 Å². The van der Waals surface area contributed by atoms with E-state index in [1.165, 1.54) is 6.20 Å². The maximum Gasteiger partial charge on any atom is 0.251 e. The zero-order valence-corrected chi connectivity index (χ0v) is 19.3. The van der Waals surface area contributed by atoms with Gasteiger partial charge in [0, 0.05) is 17.3 Å². The maximum atomic E-state index is 12.9. The normalized spacial score (nSPS) is 15.4. The van der Waals surface area contributed by atoms with Gasteiger partial charge in [-0.15, -0.1) is 4.40 Å². The van der Waals surface area contributed by atoms with Gasteiger partial charge in [0.05, 0.1) is 22.5 Å². The summed E-state index contributed by atoms with van der Waals surface area (Å²) in [6.45, 7) is 3.72. The monoisotopic (exact) mass is 483 g/mol. The van der Waals surface area contributed by atoms with E-state index in [2.05, 4.69) is 19.4 Å². The summed E-state index contributed by atoms with van der Waals surface area (Å²) < 4.78 is 31.8. The number of anilines is 1. The number of phenolic OH excluding ortho intramolecular Hbond substituents is 1. The number of carbonyl (C=O) groups is 1. The minimum Gasteiger partial charge on any atom is -0.508 e.